The van der Waals surface area contributed by atoms with Gasteiger partial charge in [-0.2, -0.15) is 10.2 Å². The fourth-order valence-electron chi connectivity index (χ4n) is 2.54. The normalized spacial score (nSPS) is 10.9. The maximum Gasteiger partial charge on any atom is 0.289 e. The van der Waals surface area contributed by atoms with Gasteiger partial charge in [0.05, 0.1) is 18.5 Å². The second kappa shape index (κ2) is 8.80. The number of hydrogen-bond acceptors (Lipinski definition) is 4. The number of benzene rings is 2. The minimum absolute atomic E-state index is 0.346. The van der Waals surface area contributed by atoms with Crippen molar-refractivity contribution in [2.24, 2.45) is 5.10 Å². The third-order valence-corrected chi connectivity index (χ3v) is 4.05. The van der Waals surface area contributed by atoms with E-state index in [4.69, 9.17) is 4.74 Å². The van der Waals surface area contributed by atoms with Crippen molar-refractivity contribution in [3.8, 4) is 17.0 Å². The first-order valence-electron chi connectivity index (χ1n) is 8.90. The number of aromatic amines is 1. The van der Waals surface area contributed by atoms with Gasteiger partial charge in [-0.1, -0.05) is 31.2 Å². The number of rotatable bonds is 7. The van der Waals surface area contributed by atoms with Crippen LogP contribution in [0.3, 0.4) is 0 Å². The van der Waals surface area contributed by atoms with Crippen LogP contribution in [0.25, 0.3) is 11.3 Å². The highest BCUT2D eigenvalue weighted by atomic mass is 16.5. The van der Waals surface area contributed by atoms with Crippen molar-refractivity contribution in [1.29, 1.82) is 0 Å². The number of carbonyl (C=O) groups excluding carboxylic acids is 1. The molecular weight excluding hydrogens is 340 g/mol. The Morgan fingerprint density at radius 2 is 1.89 bits per heavy atom. The lowest BCUT2D eigenvalue weighted by Gasteiger charge is -2.02. The molecule has 0 saturated heterocycles. The van der Waals surface area contributed by atoms with Gasteiger partial charge in [0, 0.05) is 5.56 Å². The zero-order valence-electron chi connectivity index (χ0n) is 15.4. The lowest BCUT2D eigenvalue weighted by Crippen LogP contribution is -2.17. The van der Waals surface area contributed by atoms with Crippen molar-refractivity contribution in [1.82, 2.24) is 15.6 Å². The fourth-order valence-corrected chi connectivity index (χ4v) is 2.54. The molecular formula is C21H22N4O2. The first kappa shape index (κ1) is 18.4. The van der Waals surface area contributed by atoms with Gasteiger partial charge in [0.2, 0.25) is 0 Å². The molecule has 1 amide bonds. The van der Waals surface area contributed by atoms with Crippen LogP contribution in [-0.4, -0.2) is 28.9 Å². The van der Waals surface area contributed by atoms with Gasteiger partial charge in [0.25, 0.3) is 5.91 Å². The molecule has 0 fully saturated rings. The minimum Gasteiger partial charge on any atom is -0.494 e. The number of aromatic nitrogens is 2. The number of H-pyrrole nitrogens is 1. The van der Waals surface area contributed by atoms with E-state index in [1.54, 1.807) is 12.3 Å². The molecule has 0 bridgehead atoms. The minimum atomic E-state index is -0.346. The molecule has 0 spiro atoms. The average Bonchev–Trinajstić information content (AvgIpc) is 3.20. The molecule has 6 nitrogen and oxygen atoms in total. The quantitative estimate of drug-likeness (QED) is 0.495. The lowest BCUT2D eigenvalue weighted by molar-refractivity contribution is 0.0950. The molecule has 1 heterocycles. The third kappa shape index (κ3) is 4.82. The van der Waals surface area contributed by atoms with Crippen LogP contribution in [-0.2, 0) is 6.42 Å². The van der Waals surface area contributed by atoms with E-state index >= 15 is 0 Å². The van der Waals surface area contributed by atoms with E-state index in [-0.39, 0.29) is 5.91 Å². The number of hydrazone groups is 1. The molecule has 0 unspecified atom stereocenters. The van der Waals surface area contributed by atoms with Crippen molar-refractivity contribution < 1.29 is 9.53 Å². The number of carbonyl (C=O) groups is 1. The predicted molar refractivity (Wildman–Crippen MR) is 106 cm³/mol. The second-order valence-electron chi connectivity index (χ2n) is 5.92. The summed E-state index contributed by atoms with van der Waals surface area (Å²) < 4.78 is 5.39. The van der Waals surface area contributed by atoms with E-state index in [0.717, 1.165) is 29.0 Å². The van der Waals surface area contributed by atoms with Crippen LogP contribution in [0.5, 0.6) is 5.75 Å². The Kier molecular flexibility index (Phi) is 5.99. The van der Waals surface area contributed by atoms with E-state index < -0.39 is 0 Å². The Morgan fingerprint density at radius 1 is 1.15 bits per heavy atom. The van der Waals surface area contributed by atoms with Gasteiger partial charge in [-0.25, -0.2) is 5.43 Å². The van der Waals surface area contributed by atoms with Crippen LogP contribution in [0.1, 0.15) is 35.5 Å². The number of ether oxygens (including phenoxy) is 1. The van der Waals surface area contributed by atoms with Crippen molar-refractivity contribution >= 4 is 12.1 Å². The molecule has 0 atom stereocenters. The smallest absolute Gasteiger partial charge is 0.289 e. The summed E-state index contributed by atoms with van der Waals surface area (Å²) in [6, 6.07) is 17.3. The Hall–Kier alpha value is -3.41. The van der Waals surface area contributed by atoms with Gasteiger partial charge in [-0.05, 0) is 54.8 Å². The predicted octanol–water partition coefficient (Wildman–Crippen LogP) is 3.80. The highest BCUT2D eigenvalue weighted by Crippen LogP contribution is 2.18. The van der Waals surface area contributed by atoms with Gasteiger partial charge in [0.1, 0.15) is 11.4 Å². The molecule has 0 saturated carbocycles. The summed E-state index contributed by atoms with van der Waals surface area (Å²) >= 11 is 0. The van der Waals surface area contributed by atoms with Gasteiger partial charge < -0.3 is 4.74 Å². The van der Waals surface area contributed by atoms with Gasteiger partial charge in [-0.3, -0.25) is 9.89 Å². The Morgan fingerprint density at radius 3 is 2.56 bits per heavy atom. The molecule has 2 aromatic carbocycles. The number of amides is 1. The molecule has 0 aliphatic carbocycles. The molecule has 138 valence electrons. The fraction of sp³-hybridized carbons (Fsp3) is 0.190. The molecule has 3 aromatic rings. The van der Waals surface area contributed by atoms with Crippen LogP contribution in [0.15, 0.2) is 59.7 Å². The standard InChI is InChI=1S/C21H22N4O2/c1-3-15-5-9-17(10-6-15)19-13-20(24-23-19)21(26)25-22-14-16-7-11-18(12-8-16)27-4-2/h5-14H,3-4H2,1-2H3,(H,23,24)(H,25,26)/b22-14+. The van der Waals surface area contributed by atoms with Crippen LogP contribution in [0, 0.1) is 0 Å². The van der Waals surface area contributed by atoms with Crippen molar-refractivity contribution in [2.45, 2.75) is 20.3 Å². The van der Waals surface area contributed by atoms with Gasteiger partial charge in [-0.15, -0.1) is 0 Å². The van der Waals surface area contributed by atoms with Crippen molar-refractivity contribution in [3.05, 3.63) is 71.4 Å². The second-order valence-corrected chi connectivity index (χ2v) is 5.92. The molecule has 1 aromatic heterocycles. The number of aryl methyl sites for hydroxylation is 1. The van der Waals surface area contributed by atoms with Crippen LogP contribution in [0.4, 0.5) is 0 Å². The summed E-state index contributed by atoms with van der Waals surface area (Å²) in [5.74, 6) is 0.455. The van der Waals surface area contributed by atoms with E-state index in [1.165, 1.54) is 5.56 Å². The van der Waals surface area contributed by atoms with E-state index in [1.807, 2.05) is 43.3 Å². The van der Waals surface area contributed by atoms with E-state index in [2.05, 4.69) is 39.8 Å². The summed E-state index contributed by atoms with van der Waals surface area (Å²) in [4.78, 5) is 12.2. The molecule has 0 aliphatic heterocycles. The summed E-state index contributed by atoms with van der Waals surface area (Å²) in [6.45, 7) is 4.67. The first-order chi connectivity index (χ1) is 13.2. The Bertz CT molecular complexity index is 912. The SMILES string of the molecule is CCOc1ccc(/C=N/NC(=O)c2cc(-c3ccc(CC)cc3)n[nH]2)cc1. The number of hydrogen-bond donors (Lipinski definition) is 2. The van der Waals surface area contributed by atoms with Crippen LogP contribution >= 0.6 is 0 Å². The first-order valence-corrected chi connectivity index (χ1v) is 8.90. The molecule has 6 heteroatoms. The van der Waals surface area contributed by atoms with Gasteiger partial charge in [0.15, 0.2) is 0 Å². The summed E-state index contributed by atoms with van der Waals surface area (Å²) in [6.07, 6.45) is 2.56. The Labute approximate surface area is 158 Å². The number of nitrogens with zero attached hydrogens (tertiary/aromatic N) is 2. The third-order valence-electron chi connectivity index (χ3n) is 4.05. The highest BCUT2D eigenvalue weighted by molar-refractivity contribution is 5.94. The summed E-state index contributed by atoms with van der Waals surface area (Å²) in [5, 5.41) is 10.9. The van der Waals surface area contributed by atoms with Crippen molar-refractivity contribution in [2.75, 3.05) is 6.61 Å². The molecule has 3 rings (SSSR count). The van der Waals surface area contributed by atoms with Crippen molar-refractivity contribution in [3.63, 3.8) is 0 Å². The largest absolute Gasteiger partial charge is 0.494 e. The Balaban J connectivity index is 1.60. The van der Waals surface area contributed by atoms with E-state index in [9.17, 15) is 4.79 Å². The molecule has 27 heavy (non-hydrogen) atoms. The van der Waals surface area contributed by atoms with Gasteiger partial charge >= 0.3 is 0 Å². The van der Waals surface area contributed by atoms with Crippen LogP contribution in [0.2, 0.25) is 0 Å². The zero-order chi connectivity index (χ0) is 19.1. The molecule has 0 radical (unpaired) electrons. The van der Waals surface area contributed by atoms with Crippen LogP contribution < -0.4 is 10.2 Å². The monoisotopic (exact) mass is 362 g/mol. The zero-order valence-corrected chi connectivity index (χ0v) is 15.4. The molecule has 0 aliphatic rings. The molecule has 2 N–H and O–H groups in total. The lowest BCUT2D eigenvalue weighted by atomic mass is 10.1. The maximum absolute atomic E-state index is 12.2. The maximum atomic E-state index is 12.2. The van der Waals surface area contributed by atoms with E-state index in [0.29, 0.717) is 12.3 Å². The average molecular weight is 362 g/mol. The summed E-state index contributed by atoms with van der Waals surface area (Å²) in [5.41, 5.74) is 6.65. The topological polar surface area (TPSA) is 79.4 Å². The summed E-state index contributed by atoms with van der Waals surface area (Å²) in [7, 11) is 0. The highest BCUT2D eigenvalue weighted by Gasteiger charge is 2.10. The number of nitrogens with one attached hydrogen (secondary N) is 2.